The summed E-state index contributed by atoms with van der Waals surface area (Å²) in [5, 5.41) is 12.7. The van der Waals surface area contributed by atoms with Gasteiger partial charge in [0.2, 0.25) is 11.7 Å². The van der Waals surface area contributed by atoms with Crippen molar-refractivity contribution < 1.29 is 18.5 Å². The van der Waals surface area contributed by atoms with E-state index < -0.39 is 39.9 Å². The van der Waals surface area contributed by atoms with Crippen LogP contribution in [0.1, 0.15) is 20.3 Å². The van der Waals surface area contributed by atoms with Crippen LogP contribution in [-0.2, 0) is 4.79 Å². The van der Waals surface area contributed by atoms with Crippen molar-refractivity contribution in [2.24, 2.45) is 11.7 Å². The third-order valence-corrected chi connectivity index (χ3v) is 2.78. The van der Waals surface area contributed by atoms with E-state index >= 15 is 0 Å². The fourth-order valence-corrected chi connectivity index (χ4v) is 1.42. The second-order valence-corrected chi connectivity index (χ2v) is 4.70. The predicted molar refractivity (Wildman–Crippen MR) is 69.1 cm³/mol. The van der Waals surface area contributed by atoms with Crippen molar-refractivity contribution in [3.63, 3.8) is 0 Å². The highest BCUT2D eigenvalue weighted by Crippen LogP contribution is 2.25. The van der Waals surface area contributed by atoms with E-state index in [0.717, 1.165) is 0 Å². The molecule has 0 bridgehead atoms. The van der Waals surface area contributed by atoms with E-state index in [1.54, 1.807) is 0 Å². The molecule has 1 unspecified atom stereocenters. The van der Waals surface area contributed by atoms with Crippen molar-refractivity contribution >= 4 is 17.3 Å². The van der Waals surface area contributed by atoms with Crippen LogP contribution in [0.5, 0.6) is 0 Å². The Balaban J connectivity index is 2.90. The van der Waals surface area contributed by atoms with Crippen LogP contribution < -0.4 is 11.1 Å². The van der Waals surface area contributed by atoms with Gasteiger partial charge in [0.25, 0.3) is 0 Å². The van der Waals surface area contributed by atoms with Crippen LogP contribution in [0, 0.1) is 27.7 Å². The number of nitrogens with two attached hydrogens (primary N) is 1. The third-order valence-electron chi connectivity index (χ3n) is 2.78. The van der Waals surface area contributed by atoms with E-state index in [0.29, 0.717) is 12.1 Å². The molecule has 1 atom stereocenters. The number of rotatable bonds is 5. The largest absolute Gasteiger partial charge is 0.327 e. The number of nitro groups is 1. The summed E-state index contributed by atoms with van der Waals surface area (Å²) in [6.07, 6.45) is -0.0672. The highest BCUT2D eigenvalue weighted by molar-refractivity contribution is 5.91. The lowest BCUT2D eigenvalue weighted by atomic mass is 10.0. The molecule has 0 aromatic heterocycles. The van der Waals surface area contributed by atoms with Crippen LogP contribution in [0.4, 0.5) is 20.2 Å². The lowest BCUT2D eigenvalue weighted by Gasteiger charge is -2.15. The summed E-state index contributed by atoms with van der Waals surface area (Å²) in [6, 6.07) is 0.577. The lowest BCUT2D eigenvalue weighted by Crippen LogP contribution is -2.31. The Morgan fingerprint density at radius 3 is 2.50 bits per heavy atom. The Morgan fingerprint density at radius 1 is 1.40 bits per heavy atom. The Bertz CT molecular complexity index is 535. The minimum absolute atomic E-state index is 0.0492. The summed E-state index contributed by atoms with van der Waals surface area (Å²) in [6.45, 7) is 3.64. The SMILES string of the molecule is CC(C)C(N)CC(=O)Nc1cc([N+](=O)[O-])c(F)cc1F. The van der Waals surface area contributed by atoms with Crippen molar-refractivity contribution in [1.82, 2.24) is 0 Å². The zero-order chi connectivity index (χ0) is 15.4. The summed E-state index contributed by atoms with van der Waals surface area (Å²) in [5.41, 5.74) is 4.34. The number of carbonyl (C=O) groups excluding carboxylic acids is 1. The molecule has 1 aromatic rings. The average Bonchev–Trinajstić information content (AvgIpc) is 2.31. The van der Waals surface area contributed by atoms with E-state index in [9.17, 15) is 23.7 Å². The monoisotopic (exact) mass is 287 g/mol. The number of amides is 1. The highest BCUT2D eigenvalue weighted by Gasteiger charge is 2.20. The molecule has 0 saturated heterocycles. The summed E-state index contributed by atoms with van der Waals surface area (Å²) in [7, 11) is 0. The first-order valence-corrected chi connectivity index (χ1v) is 5.91. The van der Waals surface area contributed by atoms with Crippen LogP contribution >= 0.6 is 0 Å². The smallest absolute Gasteiger partial charge is 0.307 e. The maximum absolute atomic E-state index is 13.4. The van der Waals surface area contributed by atoms with E-state index in [1.807, 2.05) is 13.8 Å². The van der Waals surface area contributed by atoms with Gasteiger partial charge in [0, 0.05) is 24.6 Å². The van der Waals surface area contributed by atoms with Gasteiger partial charge in [0.15, 0.2) is 0 Å². The van der Waals surface area contributed by atoms with Gasteiger partial charge in [-0.05, 0) is 5.92 Å². The number of anilines is 1. The molecule has 0 fully saturated rings. The van der Waals surface area contributed by atoms with Gasteiger partial charge in [-0.1, -0.05) is 13.8 Å². The van der Waals surface area contributed by atoms with Crippen LogP contribution in [-0.4, -0.2) is 16.9 Å². The van der Waals surface area contributed by atoms with Gasteiger partial charge in [-0.2, -0.15) is 4.39 Å². The average molecular weight is 287 g/mol. The van der Waals surface area contributed by atoms with E-state index in [2.05, 4.69) is 5.32 Å². The van der Waals surface area contributed by atoms with Gasteiger partial charge >= 0.3 is 5.69 Å². The quantitative estimate of drug-likeness (QED) is 0.640. The van der Waals surface area contributed by atoms with Crippen molar-refractivity contribution in [2.75, 3.05) is 5.32 Å². The van der Waals surface area contributed by atoms with Crippen molar-refractivity contribution in [3.8, 4) is 0 Å². The molecule has 0 aliphatic carbocycles. The van der Waals surface area contributed by atoms with Crippen LogP contribution in [0.15, 0.2) is 12.1 Å². The van der Waals surface area contributed by atoms with Crippen molar-refractivity contribution in [3.05, 3.63) is 33.9 Å². The summed E-state index contributed by atoms with van der Waals surface area (Å²) in [5.74, 6) is -2.93. The Morgan fingerprint density at radius 2 is 2.00 bits per heavy atom. The Labute approximate surface area is 114 Å². The van der Waals surface area contributed by atoms with Crippen molar-refractivity contribution in [1.29, 1.82) is 0 Å². The molecular weight excluding hydrogens is 272 g/mol. The zero-order valence-corrected chi connectivity index (χ0v) is 11.0. The van der Waals surface area contributed by atoms with Gasteiger partial charge in [-0.3, -0.25) is 14.9 Å². The van der Waals surface area contributed by atoms with Gasteiger partial charge in [0.1, 0.15) is 5.82 Å². The first-order chi connectivity index (χ1) is 9.22. The molecule has 0 aliphatic rings. The molecule has 0 aliphatic heterocycles. The molecule has 20 heavy (non-hydrogen) atoms. The maximum atomic E-state index is 13.4. The zero-order valence-electron chi connectivity index (χ0n) is 11.0. The first-order valence-electron chi connectivity index (χ1n) is 5.91. The predicted octanol–water partition coefficient (Wildman–Crippen LogP) is 2.18. The molecule has 0 saturated carbocycles. The number of nitrogens with zero attached hydrogens (tertiary/aromatic N) is 1. The second-order valence-electron chi connectivity index (χ2n) is 4.70. The molecule has 0 radical (unpaired) electrons. The molecule has 1 rings (SSSR count). The fourth-order valence-electron chi connectivity index (χ4n) is 1.42. The number of hydrogen-bond donors (Lipinski definition) is 2. The molecule has 3 N–H and O–H groups in total. The molecule has 0 spiro atoms. The minimum Gasteiger partial charge on any atom is -0.327 e. The van der Waals surface area contributed by atoms with Crippen LogP contribution in [0.2, 0.25) is 0 Å². The molecule has 110 valence electrons. The number of benzene rings is 1. The second kappa shape index (κ2) is 6.38. The normalized spacial score (nSPS) is 12.3. The first kappa shape index (κ1) is 16.0. The van der Waals surface area contributed by atoms with E-state index in [-0.39, 0.29) is 12.3 Å². The molecule has 1 amide bonds. The molecule has 6 nitrogen and oxygen atoms in total. The number of nitro benzene ring substituents is 1. The fraction of sp³-hybridized carbons (Fsp3) is 0.417. The summed E-state index contributed by atoms with van der Waals surface area (Å²) >= 11 is 0. The van der Waals surface area contributed by atoms with Gasteiger partial charge < -0.3 is 11.1 Å². The van der Waals surface area contributed by atoms with Gasteiger partial charge in [-0.25, -0.2) is 4.39 Å². The summed E-state index contributed by atoms with van der Waals surface area (Å²) in [4.78, 5) is 21.2. The molecule has 0 heterocycles. The minimum atomic E-state index is -1.30. The standard InChI is InChI=1S/C12H15F2N3O3/c1-6(2)9(15)4-12(18)16-10-5-11(17(19)20)8(14)3-7(10)13/h3,5-6,9H,4,15H2,1-2H3,(H,16,18). The topological polar surface area (TPSA) is 98.3 Å². The Kier molecular flexibility index (Phi) is 5.09. The number of hydrogen-bond acceptors (Lipinski definition) is 4. The molecule has 1 aromatic carbocycles. The Hall–Kier alpha value is -2.09. The number of carbonyl (C=O) groups is 1. The van der Waals surface area contributed by atoms with Gasteiger partial charge in [0.05, 0.1) is 10.6 Å². The lowest BCUT2D eigenvalue weighted by molar-refractivity contribution is -0.387. The third kappa shape index (κ3) is 3.95. The maximum Gasteiger partial charge on any atom is 0.307 e. The van der Waals surface area contributed by atoms with E-state index in [1.165, 1.54) is 0 Å². The number of halogens is 2. The van der Waals surface area contributed by atoms with Crippen LogP contribution in [0.3, 0.4) is 0 Å². The molecular formula is C12H15F2N3O3. The van der Waals surface area contributed by atoms with Crippen molar-refractivity contribution in [2.45, 2.75) is 26.3 Å². The highest BCUT2D eigenvalue weighted by atomic mass is 19.1. The summed E-state index contributed by atoms with van der Waals surface area (Å²) < 4.78 is 26.6. The number of nitrogens with one attached hydrogen (secondary N) is 1. The van der Waals surface area contributed by atoms with E-state index in [4.69, 9.17) is 5.73 Å². The van der Waals surface area contributed by atoms with Crippen LogP contribution in [0.25, 0.3) is 0 Å². The van der Waals surface area contributed by atoms with Gasteiger partial charge in [-0.15, -0.1) is 0 Å². The molecule has 8 heteroatoms.